The second-order valence-electron chi connectivity index (χ2n) is 3.92. The molecule has 4 heteroatoms. The van der Waals surface area contributed by atoms with E-state index in [-0.39, 0.29) is 5.91 Å². The fourth-order valence-electron chi connectivity index (χ4n) is 1.52. The first-order chi connectivity index (χ1) is 8.27. The zero-order chi connectivity index (χ0) is 12.5. The maximum Gasteiger partial charge on any atom is 0.269 e. The molecule has 0 radical (unpaired) electrons. The summed E-state index contributed by atoms with van der Waals surface area (Å²) in [5.41, 5.74) is 1.42. The summed E-state index contributed by atoms with van der Waals surface area (Å²) >= 11 is 0. The van der Waals surface area contributed by atoms with Gasteiger partial charge in [0.25, 0.3) is 5.91 Å². The van der Waals surface area contributed by atoms with E-state index in [4.69, 9.17) is 0 Å². The van der Waals surface area contributed by atoms with E-state index in [9.17, 15) is 4.79 Å². The molecule has 0 aliphatic heterocycles. The highest BCUT2D eigenvalue weighted by atomic mass is 16.1. The van der Waals surface area contributed by atoms with Crippen LogP contribution in [-0.4, -0.2) is 24.0 Å². The number of nitrogens with one attached hydrogen (secondary N) is 2. The lowest BCUT2D eigenvalue weighted by atomic mass is 10.2. The lowest BCUT2D eigenvalue weighted by Crippen LogP contribution is -2.23. The van der Waals surface area contributed by atoms with Crippen molar-refractivity contribution in [3.63, 3.8) is 0 Å². The summed E-state index contributed by atoms with van der Waals surface area (Å²) in [6, 6.07) is 3.67. The van der Waals surface area contributed by atoms with Crippen molar-refractivity contribution >= 4 is 11.6 Å². The molecule has 0 unspecified atom stereocenters. The summed E-state index contributed by atoms with van der Waals surface area (Å²) in [4.78, 5) is 15.6. The van der Waals surface area contributed by atoms with E-state index in [1.807, 2.05) is 13.0 Å². The topological polar surface area (TPSA) is 54.0 Å². The average molecular weight is 235 g/mol. The zero-order valence-electron chi connectivity index (χ0n) is 10.6. The number of carbonyl (C=O) groups excluding carboxylic acids is 1. The van der Waals surface area contributed by atoms with Crippen LogP contribution in [0.3, 0.4) is 0 Å². The molecule has 0 fully saturated rings. The van der Waals surface area contributed by atoms with Gasteiger partial charge in [-0.1, -0.05) is 19.8 Å². The molecule has 0 aliphatic carbocycles. The van der Waals surface area contributed by atoms with Gasteiger partial charge in [0.15, 0.2) is 0 Å². The highest BCUT2D eigenvalue weighted by Gasteiger charge is 2.05. The number of hydrogen-bond donors (Lipinski definition) is 2. The van der Waals surface area contributed by atoms with Gasteiger partial charge in [-0.05, 0) is 25.5 Å². The zero-order valence-corrected chi connectivity index (χ0v) is 10.6. The van der Waals surface area contributed by atoms with Crippen LogP contribution in [-0.2, 0) is 0 Å². The van der Waals surface area contributed by atoms with Crippen LogP contribution in [0.25, 0.3) is 0 Å². The van der Waals surface area contributed by atoms with Crippen molar-refractivity contribution in [2.75, 3.05) is 18.4 Å². The van der Waals surface area contributed by atoms with Crippen LogP contribution >= 0.6 is 0 Å². The number of anilines is 1. The normalized spacial score (nSPS) is 10.0. The molecule has 17 heavy (non-hydrogen) atoms. The number of unbranched alkanes of at least 4 members (excludes halogenated alkanes) is 2. The number of aromatic nitrogens is 1. The molecular weight excluding hydrogens is 214 g/mol. The molecule has 2 N–H and O–H groups in total. The minimum absolute atomic E-state index is 0.121. The Morgan fingerprint density at radius 3 is 2.88 bits per heavy atom. The lowest BCUT2D eigenvalue weighted by molar-refractivity contribution is 0.0951. The molecular formula is C13H21N3O. The van der Waals surface area contributed by atoms with Crippen LogP contribution in [0, 0.1) is 0 Å². The van der Waals surface area contributed by atoms with Gasteiger partial charge in [0.05, 0.1) is 0 Å². The molecule has 1 rings (SSSR count). The van der Waals surface area contributed by atoms with E-state index in [1.165, 1.54) is 12.8 Å². The number of amides is 1. The van der Waals surface area contributed by atoms with E-state index < -0.39 is 0 Å². The Kier molecular flexibility index (Phi) is 6.07. The monoisotopic (exact) mass is 235 g/mol. The Hall–Kier alpha value is -1.58. The van der Waals surface area contributed by atoms with Crippen molar-refractivity contribution < 1.29 is 4.79 Å². The second kappa shape index (κ2) is 7.65. The molecule has 0 aromatic carbocycles. The highest BCUT2D eigenvalue weighted by Crippen LogP contribution is 2.08. The molecule has 4 nitrogen and oxygen atoms in total. The number of nitrogens with zero attached hydrogens (tertiary/aromatic N) is 1. The molecule has 0 spiro atoms. The third kappa shape index (κ3) is 4.85. The molecule has 0 bridgehead atoms. The predicted octanol–water partition coefficient (Wildman–Crippen LogP) is 2.43. The summed E-state index contributed by atoms with van der Waals surface area (Å²) in [6.45, 7) is 5.63. The Labute approximate surface area is 103 Å². The fourth-order valence-corrected chi connectivity index (χ4v) is 1.52. The van der Waals surface area contributed by atoms with E-state index in [0.29, 0.717) is 12.2 Å². The van der Waals surface area contributed by atoms with Gasteiger partial charge in [0.2, 0.25) is 0 Å². The number of rotatable bonds is 7. The molecule has 1 amide bonds. The standard InChI is InChI=1S/C13H21N3O/c1-3-5-6-8-15-11-7-9-16-12(10-11)13(17)14-4-2/h7,9-10H,3-6,8H2,1-2H3,(H,14,17)(H,15,16). The van der Waals surface area contributed by atoms with Crippen molar-refractivity contribution in [1.82, 2.24) is 10.3 Å². The largest absolute Gasteiger partial charge is 0.385 e. The van der Waals surface area contributed by atoms with Gasteiger partial charge in [0.1, 0.15) is 5.69 Å². The lowest BCUT2D eigenvalue weighted by Gasteiger charge is -2.07. The molecule has 94 valence electrons. The number of carbonyl (C=O) groups is 1. The molecule has 1 aromatic heterocycles. The SMILES string of the molecule is CCCCCNc1ccnc(C(=O)NCC)c1. The Morgan fingerprint density at radius 2 is 2.18 bits per heavy atom. The summed E-state index contributed by atoms with van der Waals surface area (Å²) < 4.78 is 0. The summed E-state index contributed by atoms with van der Waals surface area (Å²) in [7, 11) is 0. The van der Waals surface area contributed by atoms with Gasteiger partial charge in [-0.3, -0.25) is 9.78 Å². The van der Waals surface area contributed by atoms with Gasteiger partial charge >= 0.3 is 0 Å². The maximum absolute atomic E-state index is 11.6. The molecule has 0 saturated heterocycles. The van der Waals surface area contributed by atoms with Crippen LogP contribution in [0.2, 0.25) is 0 Å². The van der Waals surface area contributed by atoms with Crippen molar-refractivity contribution in [3.8, 4) is 0 Å². The van der Waals surface area contributed by atoms with E-state index in [1.54, 1.807) is 12.3 Å². The molecule has 0 atom stereocenters. The van der Waals surface area contributed by atoms with Gasteiger partial charge < -0.3 is 10.6 Å². The summed E-state index contributed by atoms with van der Waals surface area (Å²) in [6.07, 6.45) is 5.24. The maximum atomic E-state index is 11.6. The van der Waals surface area contributed by atoms with Crippen LogP contribution < -0.4 is 10.6 Å². The van der Waals surface area contributed by atoms with E-state index >= 15 is 0 Å². The van der Waals surface area contributed by atoms with Crippen LogP contribution in [0.5, 0.6) is 0 Å². The van der Waals surface area contributed by atoms with Crippen molar-refractivity contribution in [2.45, 2.75) is 33.1 Å². The molecule has 0 aliphatic rings. The van der Waals surface area contributed by atoms with Gasteiger partial charge in [0, 0.05) is 25.0 Å². The molecule has 0 saturated carbocycles. The smallest absolute Gasteiger partial charge is 0.269 e. The first kappa shape index (κ1) is 13.5. The van der Waals surface area contributed by atoms with Gasteiger partial charge in [-0.2, -0.15) is 0 Å². The highest BCUT2D eigenvalue weighted by molar-refractivity contribution is 5.93. The van der Waals surface area contributed by atoms with Crippen LogP contribution in [0.1, 0.15) is 43.6 Å². The van der Waals surface area contributed by atoms with Crippen LogP contribution in [0.15, 0.2) is 18.3 Å². The van der Waals surface area contributed by atoms with E-state index in [2.05, 4.69) is 22.5 Å². The number of hydrogen-bond acceptors (Lipinski definition) is 3. The first-order valence-electron chi connectivity index (χ1n) is 6.26. The summed E-state index contributed by atoms with van der Waals surface area (Å²) in [5, 5.41) is 6.03. The Morgan fingerprint density at radius 1 is 1.35 bits per heavy atom. The second-order valence-corrected chi connectivity index (χ2v) is 3.92. The summed E-state index contributed by atoms with van der Waals surface area (Å²) in [5.74, 6) is -0.121. The molecule has 1 heterocycles. The minimum Gasteiger partial charge on any atom is -0.385 e. The third-order valence-electron chi connectivity index (χ3n) is 2.44. The minimum atomic E-state index is -0.121. The Bertz CT molecular complexity index is 352. The van der Waals surface area contributed by atoms with Crippen molar-refractivity contribution in [2.24, 2.45) is 0 Å². The molecule has 1 aromatic rings. The predicted molar refractivity (Wildman–Crippen MR) is 70.3 cm³/mol. The van der Waals surface area contributed by atoms with Gasteiger partial charge in [-0.15, -0.1) is 0 Å². The Balaban J connectivity index is 2.50. The van der Waals surface area contributed by atoms with Crippen molar-refractivity contribution in [1.29, 1.82) is 0 Å². The van der Waals surface area contributed by atoms with Crippen LogP contribution in [0.4, 0.5) is 5.69 Å². The average Bonchev–Trinajstić information content (AvgIpc) is 2.35. The quantitative estimate of drug-likeness (QED) is 0.714. The van der Waals surface area contributed by atoms with E-state index in [0.717, 1.165) is 18.7 Å². The van der Waals surface area contributed by atoms with Gasteiger partial charge in [-0.25, -0.2) is 0 Å². The third-order valence-corrected chi connectivity index (χ3v) is 2.44. The first-order valence-corrected chi connectivity index (χ1v) is 6.26. The number of pyridine rings is 1. The van der Waals surface area contributed by atoms with Crippen molar-refractivity contribution in [3.05, 3.63) is 24.0 Å². The fraction of sp³-hybridized carbons (Fsp3) is 0.538.